The molecule has 0 heterocycles. The standard InChI is InChI=1S/C9H10ClF3N2O/c10-5-1-8(7(14)2-6(5)11)15-3-9(12,13)4-16/h1-2,15-16H,3-4,14H2. The van der Waals surface area contributed by atoms with Gasteiger partial charge in [0.05, 0.1) is 22.9 Å². The number of nitrogen functional groups attached to an aromatic ring is 1. The fraction of sp³-hybridized carbons (Fsp3) is 0.333. The summed E-state index contributed by atoms with van der Waals surface area (Å²) in [5, 5.41) is 10.4. The summed E-state index contributed by atoms with van der Waals surface area (Å²) in [6, 6.07) is 2.04. The molecule has 0 amide bonds. The first kappa shape index (κ1) is 12.9. The predicted molar refractivity (Wildman–Crippen MR) is 56.3 cm³/mol. The first-order valence-electron chi connectivity index (χ1n) is 4.33. The highest BCUT2D eigenvalue weighted by atomic mass is 35.5. The van der Waals surface area contributed by atoms with Gasteiger partial charge in [-0.25, -0.2) is 13.2 Å². The molecule has 16 heavy (non-hydrogen) atoms. The maximum Gasteiger partial charge on any atom is 0.287 e. The Balaban J connectivity index is 2.79. The van der Waals surface area contributed by atoms with Crippen LogP contribution >= 0.6 is 11.6 Å². The van der Waals surface area contributed by atoms with Crippen LogP contribution in [-0.4, -0.2) is 24.2 Å². The van der Waals surface area contributed by atoms with E-state index in [1.807, 2.05) is 0 Å². The van der Waals surface area contributed by atoms with Crippen LogP contribution in [0.2, 0.25) is 5.02 Å². The van der Waals surface area contributed by atoms with Crippen LogP contribution in [0.15, 0.2) is 12.1 Å². The molecule has 4 N–H and O–H groups in total. The average Bonchev–Trinajstić information content (AvgIpc) is 2.22. The maximum atomic E-state index is 12.9. The van der Waals surface area contributed by atoms with Crippen molar-refractivity contribution < 1.29 is 18.3 Å². The first-order chi connectivity index (χ1) is 7.35. The zero-order chi connectivity index (χ0) is 12.3. The van der Waals surface area contributed by atoms with Gasteiger partial charge in [-0.3, -0.25) is 0 Å². The summed E-state index contributed by atoms with van der Waals surface area (Å²) in [4.78, 5) is 0. The van der Waals surface area contributed by atoms with Crippen LogP contribution in [0.1, 0.15) is 0 Å². The molecule has 0 aliphatic carbocycles. The van der Waals surface area contributed by atoms with Gasteiger partial charge in [0.2, 0.25) is 0 Å². The summed E-state index contributed by atoms with van der Waals surface area (Å²) < 4.78 is 38.3. The second-order valence-corrected chi connectivity index (χ2v) is 3.63. The number of nitrogens with two attached hydrogens (primary N) is 1. The molecule has 0 saturated carbocycles. The highest BCUT2D eigenvalue weighted by molar-refractivity contribution is 6.31. The van der Waals surface area contributed by atoms with Crippen molar-refractivity contribution in [3.8, 4) is 0 Å². The van der Waals surface area contributed by atoms with Crippen molar-refractivity contribution in [2.24, 2.45) is 0 Å². The minimum atomic E-state index is -3.27. The summed E-state index contributed by atoms with van der Waals surface area (Å²) in [5.74, 6) is -3.99. The van der Waals surface area contributed by atoms with Crippen LogP contribution in [0.3, 0.4) is 0 Å². The van der Waals surface area contributed by atoms with Gasteiger partial charge in [0.15, 0.2) is 0 Å². The molecule has 0 radical (unpaired) electrons. The second-order valence-electron chi connectivity index (χ2n) is 3.22. The molecule has 0 saturated heterocycles. The van der Waals surface area contributed by atoms with Crippen LogP contribution in [-0.2, 0) is 0 Å². The smallest absolute Gasteiger partial charge is 0.287 e. The lowest BCUT2D eigenvalue weighted by molar-refractivity contribution is -0.0372. The molecule has 1 aromatic carbocycles. The van der Waals surface area contributed by atoms with E-state index in [9.17, 15) is 13.2 Å². The topological polar surface area (TPSA) is 58.3 Å². The summed E-state index contributed by atoms with van der Waals surface area (Å²) in [7, 11) is 0. The molecule has 0 atom stereocenters. The van der Waals surface area contributed by atoms with Crippen molar-refractivity contribution in [2.45, 2.75) is 5.92 Å². The number of halogens is 4. The van der Waals surface area contributed by atoms with Crippen molar-refractivity contribution in [1.82, 2.24) is 0 Å². The molecule has 1 rings (SSSR count). The number of rotatable bonds is 4. The number of alkyl halides is 2. The number of hydrogen-bond donors (Lipinski definition) is 3. The van der Waals surface area contributed by atoms with E-state index in [0.29, 0.717) is 0 Å². The number of hydrogen-bond acceptors (Lipinski definition) is 3. The Morgan fingerprint density at radius 2 is 2.06 bits per heavy atom. The van der Waals surface area contributed by atoms with Crippen molar-refractivity contribution in [2.75, 3.05) is 24.2 Å². The molecular weight excluding hydrogens is 245 g/mol. The lowest BCUT2D eigenvalue weighted by atomic mass is 10.2. The Labute approximate surface area is 95.0 Å². The monoisotopic (exact) mass is 254 g/mol. The van der Waals surface area contributed by atoms with Crippen LogP contribution in [0.4, 0.5) is 24.5 Å². The molecular formula is C9H10ClF3N2O. The highest BCUT2D eigenvalue weighted by Crippen LogP contribution is 2.27. The first-order valence-corrected chi connectivity index (χ1v) is 4.70. The number of nitrogens with one attached hydrogen (secondary N) is 1. The Bertz CT molecular complexity index is 387. The predicted octanol–water partition coefficient (Wildman–Crippen LogP) is 2.10. The molecule has 90 valence electrons. The molecule has 7 heteroatoms. The van der Waals surface area contributed by atoms with E-state index in [0.717, 1.165) is 12.1 Å². The molecule has 0 fully saturated rings. The molecule has 3 nitrogen and oxygen atoms in total. The molecule has 0 aliphatic heterocycles. The van der Waals surface area contributed by atoms with Crippen LogP contribution in [0.5, 0.6) is 0 Å². The fourth-order valence-corrected chi connectivity index (χ4v) is 1.16. The second kappa shape index (κ2) is 4.80. The fourth-order valence-electron chi connectivity index (χ4n) is 0.996. The van der Waals surface area contributed by atoms with Crippen molar-refractivity contribution in [3.63, 3.8) is 0 Å². The molecule has 0 aliphatic rings. The van der Waals surface area contributed by atoms with Crippen LogP contribution in [0.25, 0.3) is 0 Å². The van der Waals surface area contributed by atoms with Crippen molar-refractivity contribution in [1.29, 1.82) is 0 Å². The van der Waals surface area contributed by atoms with Crippen LogP contribution < -0.4 is 11.1 Å². The third-order valence-electron chi connectivity index (χ3n) is 1.86. The molecule has 0 unspecified atom stereocenters. The quantitative estimate of drug-likeness (QED) is 0.721. The van der Waals surface area contributed by atoms with E-state index in [-0.39, 0.29) is 16.4 Å². The van der Waals surface area contributed by atoms with E-state index in [1.165, 1.54) is 0 Å². The van der Waals surface area contributed by atoms with Gasteiger partial charge in [-0.15, -0.1) is 0 Å². The average molecular weight is 255 g/mol. The number of anilines is 2. The Morgan fingerprint density at radius 1 is 1.44 bits per heavy atom. The lowest BCUT2D eigenvalue weighted by Crippen LogP contribution is -2.31. The number of aliphatic hydroxyl groups is 1. The minimum Gasteiger partial charge on any atom is -0.397 e. The summed E-state index contributed by atoms with van der Waals surface area (Å²) in [6.45, 7) is -2.09. The third kappa shape index (κ3) is 3.18. The summed E-state index contributed by atoms with van der Waals surface area (Å²) in [6.07, 6.45) is 0. The van der Waals surface area contributed by atoms with Gasteiger partial charge in [-0.2, -0.15) is 0 Å². The van der Waals surface area contributed by atoms with E-state index >= 15 is 0 Å². The number of aliphatic hydroxyl groups excluding tert-OH is 1. The minimum absolute atomic E-state index is 0.0318. The normalized spacial score (nSPS) is 11.6. The largest absolute Gasteiger partial charge is 0.397 e. The molecule has 0 spiro atoms. The summed E-state index contributed by atoms with van der Waals surface area (Å²) >= 11 is 5.46. The molecule has 0 aromatic heterocycles. The lowest BCUT2D eigenvalue weighted by Gasteiger charge is -2.16. The zero-order valence-electron chi connectivity index (χ0n) is 8.11. The van der Waals surface area contributed by atoms with Gasteiger partial charge >= 0.3 is 0 Å². The van der Waals surface area contributed by atoms with E-state index in [1.54, 1.807) is 0 Å². The van der Waals surface area contributed by atoms with Crippen molar-refractivity contribution in [3.05, 3.63) is 23.0 Å². The van der Waals surface area contributed by atoms with Crippen LogP contribution in [0, 0.1) is 5.82 Å². The maximum absolute atomic E-state index is 12.9. The Hall–Kier alpha value is -1.14. The van der Waals surface area contributed by atoms with Gasteiger partial charge in [0, 0.05) is 6.07 Å². The summed E-state index contributed by atoms with van der Waals surface area (Å²) in [5.41, 5.74) is 5.46. The Morgan fingerprint density at radius 3 is 2.62 bits per heavy atom. The number of benzene rings is 1. The van der Waals surface area contributed by atoms with Gasteiger partial charge in [0.1, 0.15) is 12.4 Å². The van der Waals surface area contributed by atoms with E-state index in [4.69, 9.17) is 22.4 Å². The highest BCUT2D eigenvalue weighted by Gasteiger charge is 2.27. The zero-order valence-corrected chi connectivity index (χ0v) is 8.86. The molecule has 1 aromatic rings. The third-order valence-corrected chi connectivity index (χ3v) is 2.15. The van der Waals surface area contributed by atoms with Gasteiger partial charge in [0.25, 0.3) is 5.92 Å². The SMILES string of the molecule is Nc1cc(F)c(Cl)cc1NCC(F)(F)CO. The van der Waals surface area contributed by atoms with Gasteiger partial charge in [-0.1, -0.05) is 11.6 Å². The van der Waals surface area contributed by atoms with Crippen molar-refractivity contribution >= 4 is 23.0 Å². The molecule has 0 bridgehead atoms. The Kier molecular flexibility index (Phi) is 3.88. The van der Waals surface area contributed by atoms with Gasteiger partial charge < -0.3 is 16.2 Å². The van der Waals surface area contributed by atoms with Gasteiger partial charge in [-0.05, 0) is 6.07 Å². The van der Waals surface area contributed by atoms with E-state index < -0.39 is 24.9 Å². The van der Waals surface area contributed by atoms with E-state index in [2.05, 4.69) is 5.32 Å².